The minimum Gasteiger partial charge on any atom is -0.481 e. The van der Waals surface area contributed by atoms with E-state index in [1.54, 1.807) is 13.2 Å². The summed E-state index contributed by atoms with van der Waals surface area (Å²) in [7, 11) is 0. The fourth-order valence-electron chi connectivity index (χ4n) is 2.91. The molecule has 13 nitrogen and oxygen atoms in total. The molecule has 0 aromatic carbocycles. The molecule has 0 aromatic heterocycles. The van der Waals surface area contributed by atoms with E-state index in [1.165, 1.54) is 11.8 Å². The number of rotatable bonds is 18. The average molecular weight is 520 g/mol. The molecule has 0 unspecified atom stereocenters. The zero-order valence-corrected chi connectivity index (χ0v) is 21.1. The summed E-state index contributed by atoms with van der Waals surface area (Å²) in [6, 6.07) is -4.84. The molecule has 0 bridgehead atoms. The number of primary amides is 1. The monoisotopic (exact) mass is 519 g/mol. The van der Waals surface area contributed by atoms with Gasteiger partial charge in [-0.3, -0.25) is 24.0 Å². The van der Waals surface area contributed by atoms with E-state index in [-0.39, 0.29) is 31.6 Å². The van der Waals surface area contributed by atoms with Crippen molar-refractivity contribution in [2.75, 3.05) is 12.0 Å². The third-order valence-corrected chi connectivity index (χ3v) is 6.02. The molecule has 200 valence electrons. The van der Waals surface area contributed by atoms with E-state index < -0.39 is 66.2 Å². The standard InChI is InChI=1S/C21H37N5O8S/c1-4-11(2)17(23)20(32)25-12(5-7-15(22)27)18(30)24-13(6-8-16(28)29)19(31)26-14(21(33)34)9-10-35-3/h11-14,17H,4-10,23H2,1-3H3,(H2,22,27)(H,24,30)(H,25,32)(H,26,31)(H,28,29)(H,33,34)/t11-,12-,13-,14-,17-/m0/s1. The Hall–Kier alpha value is -2.87. The van der Waals surface area contributed by atoms with Gasteiger partial charge in [-0.05, 0) is 37.2 Å². The van der Waals surface area contributed by atoms with Crippen LogP contribution in [-0.2, 0) is 28.8 Å². The third-order valence-electron chi connectivity index (χ3n) is 5.38. The van der Waals surface area contributed by atoms with E-state index in [0.717, 1.165) is 0 Å². The van der Waals surface area contributed by atoms with Gasteiger partial charge in [0.1, 0.15) is 18.1 Å². The van der Waals surface area contributed by atoms with Crippen LogP contribution in [0.1, 0.15) is 52.4 Å². The molecule has 5 atom stereocenters. The van der Waals surface area contributed by atoms with Gasteiger partial charge in [0.05, 0.1) is 6.04 Å². The van der Waals surface area contributed by atoms with Gasteiger partial charge in [0.15, 0.2) is 0 Å². The Balaban J connectivity index is 5.63. The average Bonchev–Trinajstić information content (AvgIpc) is 2.79. The van der Waals surface area contributed by atoms with Gasteiger partial charge in [0.25, 0.3) is 0 Å². The van der Waals surface area contributed by atoms with Crippen molar-refractivity contribution in [1.29, 1.82) is 0 Å². The molecule has 35 heavy (non-hydrogen) atoms. The predicted octanol–water partition coefficient (Wildman–Crippen LogP) is -1.22. The third kappa shape index (κ3) is 13.0. The van der Waals surface area contributed by atoms with Crippen molar-refractivity contribution in [3.63, 3.8) is 0 Å². The summed E-state index contributed by atoms with van der Waals surface area (Å²) in [6.45, 7) is 3.59. The highest BCUT2D eigenvalue weighted by atomic mass is 32.2. The Bertz CT molecular complexity index is 766. The maximum absolute atomic E-state index is 12.9. The Morgan fingerprint density at radius 2 is 1.31 bits per heavy atom. The Morgan fingerprint density at radius 3 is 1.74 bits per heavy atom. The topological polar surface area (TPSA) is 231 Å². The van der Waals surface area contributed by atoms with Crippen LogP contribution in [0.5, 0.6) is 0 Å². The number of nitrogens with two attached hydrogens (primary N) is 2. The van der Waals surface area contributed by atoms with E-state index in [9.17, 15) is 33.9 Å². The van der Waals surface area contributed by atoms with Crippen LogP contribution in [0.2, 0.25) is 0 Å². The highest BCUT2D eigenvalue weighted by molar-refractivity contribution is 7.98. The number of amides is 4. The number of carbonyl (C=O) groups is 6. The molecule has 0 saturated carbocycles. The summed E-state index contributed by atoms with van der Waals surface area (Å²) < 4.78 is 0. The molecule has 4 amide bonds. The number of thioether (sulfide) groups is 1. The zero-order chi connectivity index (χ0) is 27.1. The first-order valence-corrected chi connectivity index (χ1v) is 12.6. The van der Waals surface area contributed by atoms with Crippen LogP contribution < -0.4 is 27.4 Å². The minimum absolute atomic E-state index is 0.118. The lowest BCUT2D eigenvalue weighted by atomic mass is 9.98. The van der Waals surface area contributed by atoms with Crippen LogP contribution in [0.4, 0.5) is 0 Å². The van der Waals surface area contributed by atoms with Gasteiger partial charge in [-0.1, -0.05) is 20.3 Å². The number of carbonyl (C=O) groups excluding carboxylic acids is 4. The highest BCUT2D eigenvalue weighted by Gasteiger charge is 2.31. The fourth-order valence-corrected chi connectivity index (χ4v) is 3.38. The van der Waals surface area contributed by atoms with Crippen molar-refractivity contribution in [3.8, 4) is 0 Å². The normalized spacial score (nSPS) is 15.1. The first-order chi connectivity index (χ1) is 16.3. The van der Waals surface area contributed by atoms with E-state index >= 15 is 0 Å². The Kier molecular flexibility index (Phi) is 15.3. The van der Waals surface area contributed by atoms with Crippen LogP contribution in [0.3, 0.4) is 0 Å². The number of carboxylic acid groups (broad SMARTS) is 2. The second-order valence-corrected chi connectivity index (χ2v) is 9.14. The molecular weight excluding hydrogens is 482 g/mol. The van der Waals surface area contributed by atoms with E-state index in [0.29, 0.717) is 12.2 Å². The Morgan fingerprint density at radius 1 is 0.829 bits per heavy atom. The number of aliphatic carboxylic acids is 2. The van der Waals surface area contributed by atoms with E-state index in [2.05, 4.69) is 16.0 Å². The molecule has 0 spiro atoms. The van der Waals surface area contributed by atoms with Gasteiger partial charge >= 0.3 is 11.9 Å². The summed E-state index contributed by atoms with van der Waals surface area (Å²) in [5.74, 6) is -5.37. The van der Waals surface area contributed by atoms with Gasteiger partial charge in [0, 0.05) is 12.8 Å². The molecule has 0 aromatic rings. The summed E-state index contributed by atoms with van der Waals surface area (Å²) in [4.78, 5) is 71.9. The second-order valence-electron chi connectivity index (χ2n) is 8.15. The Labute approximate surface area is 208 Å². The number of carboxylic acids is 2. The summed E-state index contributed by atoms with van der Waals surface area (Å²) in [5.41, 5.74) is 11.1. The van der Waals surface area contributed by atoms with Gasteiger partial charge in [0.2, 0.25) is 23.6 Å². The van der Waals surface area contributed by atoms with E-state index in [4.69, 9.17) is 16.6 Å². The van der Waals surface area contributed by atoms with Crippen LogP contribution >= 0.6 is 11.8 Å². The van der Waals surface area contributed by atoms with Gasteiger partial charge in [-0.2, -0.15) is 11.8 Å². The van der Waals surface area contributed by atoms with Crippen LogP contribution in [-0.4, -0.2) is 82.0 Å². The van der Waals surface area contributed by atoms with Crippen molar-refractivity contribution in [1.82, 2.24) is 16.0 Å². The quantitative estimate of drug-likeness (QED) is 0.114. The SMILES string of the molecule is CC[C@H](C)[C@H](N)C(=O)N[C@@H](CCC(N)=O)C(=O)N[C@@H](CCC(=O)O)C(=O)N[C@@H](CCSC)C(=O)O. The maximum Gasteiger partial charge on any atom is 0.326 e. The van der Waals surface area contributed by atoms with Gasteiger partial charge in [-0.15, -0.1) is 0 Å². The van der Waals surface area contributed by atoms with E-state index in [1.807, 2.05) is 6.92 Å². The lowest BCUT2D eigenvalue weighted by molar-refractivity contribution is -0.143. The van der Waals surface area contributed by atoms with Crippen molar-refractivity contribution < 1.29 is 39.0 Å². The molecule has 0 saturated heterocycles. The van der Waals surface area contributed by atoms with Crippen LogP contribution in [0.25, 0.3) is 0 Å². The van der Waals surface area contributed by atoms with Crippen LogP contribution in [0, 0.1) is 5.92 Å². The predicted molar refractivity (Wildman–Crippen MR) is 129 cm³/mol. The first-order valence-electron chi connectivity index (χ1n) is 11.2. The molecule has 0 radical (unpaired) electrons. The molecule has 9 N–H and O–H groups in total. The lowest BCUT2D eigenvalue weighted by Gasteiger charge is -2.26. The fraction of sp³-hybridized carbons (Fsp3) is 0.714. The molecule has 0 rings (SSSR count). The zero-order valence-electron chi connectivity index (χ0n) is 20.2. The first kappa shape index (κ1) is 32.1. The maximum atomic E-state index is 12.9. The van der Waals surface area contributed by atoms with Crippen molar-refractivity contribution in [2.24, 2.45) is 17.4 Å². The molecule has 0 aliphatic carbocycles. The molecule has 14 heteroatoms. The van der Waals surface area contributed by atoms with Gasteiger partial charge in [-0.25, -0.2) is 4.79 Å². The van der Waals surface area contributed by atoms with Crippen molar-refractivity contribution in [2.45, 2.75) is 76.5 Å². The summed E-state index contributed by atoms with van der Waals surface area (Å²) in [5, 5.41) is 25.5. The van der Waals surface area contributed by atoms with Crippen molar-refractivity contribution >= 4 is 47.3 Å². The van der Waals surface area contributed by atoms with Crippen LogP contribution in [0.15, 0.2) is 0 Å². The van der Waals surface area contributed by atoms with Gasteiger partial charge < -0.3 is 37.6 Å². The number of hydrogen-bond acceptors (Lipinski definition) is 8. The van der Waals surface area contributed by atoms with Crippen molar-refractivity contribution in [3.05, 3.63) is 0 Å². The molecule has 0 heterocycles. The molecular formula is C21H37N5O8S. The smallest absolute Gasteiger partial charge is 0.326 e. The largest absolute Gasteiger partial charge is 0.481 e. The highest BCUT2D eigenvalue weighted by Crippen LogP contribution is 2.08. The summed E-state index contributed by atoms with van der Waals surface area (Å²) >= 11 is 1.38. The molecule has 0 aliphatic rings. The lowest BCUT2D eigenvalue weighted by Crippen LogP contribution is -2.57. The second kappa shape index (κ2) is 16.7. The molecule has 0 fully saturated rings. The minimum atomic E-state index is -1.40. The number of nitrogens with one attached hydrogen (secondary N) is 3. The summed E-state index contributed by atoms with van der Waals surface area (Å²) in [6.07, 6.45) is 1.24. The molecule has 0 aliphatic heterocycles. The number of hydrogen-bond donors (Lipinski definition) is 7.